The van der Waals surface area contributed by atoms with Gasteiger partial charge in [0.15, 0.2) is 0 Å². The van der Waals surface area contributed by atoms with Crippen LogP contribution in [0.5, 0.6) is 0 Å². The second-order valence-corrected chi connectivity index (χ2v) is 3.55. The molecule has 4 heteroatoms. The number of rotatable bonds is 2. The van der Waals surface area contributed by atoms with Gasteiger partial charge in [0.2, 0.25) is 12.7 Å². The molecule has 78 valence electrons. The summed E-state index contributed by atoms with van der Waals surface area (Å²) in [5.41, 5.74) is 2.28. The van der Waals surface area contributed by atoms with Gasteiger partial charge in [0.05, 0.1) is 0 Å². The van der Waals surface area contributed by atoms with E-state index >= 15 is 0 Å². The normalized spacial score (nSPS) is 10.5. The Hall–Kier alpha value is -2.36. The van der Waals surface area contributed by atoms with Crippen LogP contribution in [-0.2, 0) is 0 Å². The van der Waals surface area contributed by atoms with E-state index in [2.05, 4.69) is 34.2 Å². The molecule has 3 aromatic rings. The molecule has 0 atom stereocenters. The number of nitrogens with one attached hydrogen (secondary N) is 2. The van der Waals surface area contributed by atoms with Gasteiger partial charge in [-0.2, -0.15) is 0 Å². The second-order valence-electron chi connectivity index (χ2n) is 3.55. The Morgan fingerprint density at radius 3 is 1.44 bits per heavy atom. The average molecular weight is 212 g/mol. The van der Waals surface area contributed by atoms with Crippen molar-refractivity contribution in [3.8, 4) is 11.4 Å². The lowest BCUT2D eigenvalue weighted by molar-refractivity contribution is -0.598. The van der Waals surface area contributed by atoms with Crippen LogP contribution in [0.2, 0.25) is 0 Å². The van der Waals surface area contributed by atoms with Gasteiger partial charge < -0.3 is 0 Å². The Balaban J connectivity index is 1.97. The highest BCUT2D eigenvalue weighted by Gasteiger charge is 2.05. The van der Waals surface area contributed by atoms with Crippen molar-refractivity contribution in [3.05, 3.63) is 61.7 Å². The van der Waals surface area contributed by atoms with E-state index in [9.17, 15) is 0 Å². The Labute approximate surface area is 92.8 Å². The average Bonchev–Trinajstić information content (AvgIpc) is 3.03. The van der Waals surface area contributed by atoms with E-state index in [0.717, 1.165) is 11.4 Å². The first-order chi connectivity index (χ1) is 7.93. The Kier molecular flexibility index (Phi) is 2.04. The van der Waals surface area contributed by atoms with E-state index in [1.807, 2.05) is 46.6 Å². The van der Waals surface area contributed by atoms with Crippen LogP contribution < -0.4 is 9.13 Å². The van der Waals surface area contributed by atoms with Crippen molar-refractivity contribution in [2.24, 2.45) is 0 Å². The minimum Gasteiger partial charge on any atom is -0.250 e. The van der Waals surface area contributed by atoms with Gasteiger partial charge in [-0.25, -0.2) is 19.1 Å². The number of aromatic nitrogens is 4. The van der Waals surface area contributed by atoms with Crippen molar-refractivity contribution in [2.45, 2.75) is 0 Å². The first-order valence-electron chi connectivity index (χ1n) is 5.12. The van der Waals surface area contributed by atoms with Crippen LogP contribution >= 0.6 is 0 Å². The van der Waals surface area contributed by atoms with Gasteiger partial charge in [0.1, 0.15) is 36.2 Å². The summed E-state index contributed by atoms with van der Waals surface area (Å²) in [5.74, 6) is 0. The molecule has 2 N–H and O–H groups in total. The summed E-state index contributed by atoms with van der Waals surface area (Å²) in [5, 5.41) is 0. The quantitative estimate of drug-likeness (QED) is 0.592. The maximum absolute atomic E-state index is 3.02. The van der Waals surface area contributed by atoms with Crippen LogP contribution in [0.15, 0.2) is 61.7 Å². The lowest BCUT2D eigenvalue weighted by atomic mass is 10.3. The number of benzene rings is 1. The third kappa shape index (κ3) is 1.50. The third-order valence-corrected chi connectivity index (χ3v) is 2.54. The maximum atomic E-state index is 3.02. The molecular formula is C12H12N4+2. The Morgan fingerprint density at radius 1 is 0.688 bits per heavy atom. The van der Waals surface area contributed by atoms with Crippen LogP contribution in [-0.4, -0.2) is 9.97 Å². The summed E-state index contributed by atoms with van der Waals surface area (Å²) >= 11 is 0. The van der Waals surface area contributed by atoms with Gasteiger partial charge >= 0.3 is 0 Å². The molecule has 3 rings (SSSR count). The zero-order valence-electron chi connectivity index (χ0n) is 8.67. The second kappa shape index (κ2) is 3.66. The highest BCUT2D eigenvalue weighted by atomic mass is 15.0. The number of H-pyrrole nitrogens is 2. The zero-order valence-corrected chi connectivity index (χ0v) is 8.67. The SMILES string of the molecule is c1c[n+](-c2ccc(-[n+]3cc[nH]c3)cc2)c[nH]1. The summed E-state index contributed by atoms with van der Waals surface area (Å²) in [6.07, 6.45) is 11.6. The molecule has 0 fully saturated rings. The highest BCUT2D eigenvalue weighted by molar-refractivity contribution is 5.31. The number of hydrogen-bond donors (Lipinski definition) is 2. The Morgan fingerprint density at radius 2 is 1.12 bits per heavy atom. The molecule has 1 aromatic carbocycles. The first-order valence-corrected chi connectivity index (χ1v) is 5.12. The minimum absolute atomic E-state index is 1.14. The van der Waals surface area contributed by atoms with Gasteiger partial charge in [-0.1, -0.05) is 0 Å². The van der Waals surface area contributed by atoms with E-state index < -0.39 is 0 Å². The maximum Gasteiger partial charge on any atom is 0.246 e. The number of nitrogens with zero attached hydrogens (tertiary/aromatic N) is 2. The number of imidazole rings is 2. The van der Waals surface area contributed by atoms with Crippen LogP contribution in [0.1, 0.15) is 0 Å². The van der Waals surface area contributed by atoms with Gasteiger partial charge in [0.25, 0.3) is 0 Å². The first kappa shape index (κ1) is 8.91. The molecule has 0 aliphatic carbocycles. The summed E-state index contributed by atoms with van der Waals surface area (Å²) in [6.45, 7) is 0. The zero-order chi connectivity index (χ0) is 10.8. The summed E-state index contributed by atoms with van der Waals surface area (Å²) in [7, 11) is 0. The van der Waals surface area contributed by atoms with Crippen molar-refractivity contribution in [2.75, 3.05) is 0 Å². The van der Waals surface area contributed by atoms with E-state index in [-0.39, 0.29) is 0 Å². The molecule has 0 saturated heterocycles. The van der Waals surface area contributed by atoms with Gasteiger partial charge in [-0.3, -0.25) is 0 Å². The van der Waals surface area contributed by atoms with E-state index in [1.54, 1.807) is 0 Å². The molecule has 0 saturated carbocycles. The largest absolute Gasteiger partial charge is 0.250 e. The fraction of sp³-hybridized carbons (Fsp3) is 0. The Bertz CT molecular complexity index is 496. The van der Waals surface area contributed by atoms with Crippen LogP contribution in [0.25, 0.3) is 11.4 Å². The monoisotopic (exact) mass is 212 g/mol. The molecule has 2 heterocycles. The van der Waals surface area contributed by atoms with Crippen LogP contribution in [0.4, 0.5) is 0 Å². The highest BCUT2D eigenvalue weighted by Crippen LogP contribution is 2.03. The smallest absolute Gasteiger partial charge is 0.246 e. The van der Waals surface area contributed by atoms with Gasteiger partial charge in [-0.15, -0.1) is 0 Å². The number of hydrogen-bond acceptors (Lipinski definition) is 0. The molecule has 4 nitrogen and oxygen atoms in total. The molecule has 16 heavy (non-hydrogen) atoms. The van der Waals surface area contributed by atoms with Crippen LogP contribution in [0.3, 0.4) is 0 Å². The predicted octanol–water partition coefficient (Wildman–Crippen LogP) is 0.896. The molecule has 0 spiro atoms. The fourth-order valence-corrected chi connectivity index (χ4v) is 1.70. The van der Waals surface area contributed by atoms with Crippen molar-refractivity contribution in [3.63, 3.8) is 0 Å². The molecule has 0 aliphatic rings. The lowest BCUT2D eigenvalue weighted by Crippen LogP contribution is -2.29. The summed E-state index contributed by atoms with van der Waals surface area (Å²) in [6, 6.07) is 8.35. The van der Waals surface area contributed by atoms with Crippen LogP contribution in [0, 0.1) is 0 Å². The molecule has 2 aromatic heterocycles. The molecule has 0 bridgehead atoms. The predicted molar refractivity (Wildman–Crippen MR) is 58.2 cm³/mol. The molecular weight excluding hydrogens is 200 g/mol. The summed E-state index contributed by atoms with van der Waals surface area (Å²) in [4.78, 5) is 6.05. The minimum atomic E-state index is 1.14. The third-order valence-electron chi connectivity index (χ3n) is 2.54. The molecule has 0 radical (unpaired) electrons. The van der Waals surface area contributed by atoms with E-state index in [4.69, 9.17) is 0 Å². The topological polar surface area (TPSA) is 39.3 Å². The van der Waals surface area contributed by atoms with Crippen molar-refractivity contribution >= 4 is 0 Å². The van der Waals surface area contributed by atoms with Crippen molar-refractivity contribution in [1.82, 2.24) is 9.97 Å². The van der Waals surface area contributed by atoms with Crippen molar-refractivity contribution < 1.29 is 9.13 Å². The number of aromatic amines is 2. The summed E-state index contributed by atoms with van der Waals surface area (Å²) < 4.78 is 4.07. The van der Waals surface area contributed by atoms with Crippen molar-refractivity contribution in [1.29, 1.82) is 0 Å². The van der Waals surface area contributed by atoms with Gasteiger partial charge in [-0.05, 0) is 24.3 Å². The molecule has 0 amide bonds. The van der Waals surface area contributed by atoms with E-state index in [0.29, 0.717) is 0 Å². The molecule has 0 unspecified atom stereocenters. The fourth-order valence-electron chi connectivity index (χ4n) is 1.70. The standard InChI is InChI=1S/C12H10N4/c1-2-12(16-8-6-14-10-16)4-3-11(1)15-7-5-13-9-15/h1-10H/p+2. The lowest BCUT2D eigenvalue weighted by Gasteiger charge is -1.97. The van der Waals surface area contributed by atoms with E-state index in [1.165, 1.54) is 0 Å². The molecule has 0 aliphatic heterocycles. The van der Waals surface area contributed by atoms with Gasteiger partial charge in [0, 0.05) is 0 Å².